The molecule has 0 bridgehead atoms. The molecule has 2 heterocycles. The van der Waals surface area contributed by atoms with Crippen LogP contribution in [0.5, 0.6) is 0 Å². The minimum absolute atomic E-state index is 0.0521. The first-order valence-electron chi connectivity index (χ1n) is 15.1. The zero-order chi connectivity index (χ0) is 31.0. The van der Waals surface area contributed by atoms with Crippen molar-refractivity contribution < 1.29 is 24.4 Å². The highest BCUT2D eigenvalue weighted by atomic mass is 16.6. The van der Waals surface area contributed by atoms with Crippen LogP contribution in [0, 0.1) is 15.5 Å². The van der Waals surface area contributed by atoms with Crippen molar-refractivity contribution in [3.8, 4) is 0 Å². The van der Waals surface area contributed by atoms with Crippen LogP contribution in [0.1, 0.15) is 57.6 Å². The molecule has 0 aliphatic carbocycles. The Kier molecular flexibility index (Phi) is 10.6. The fourth-order valence-corrected chi connectivity index (χ4v) is 5.94. The van der Waals surface area contributed by atoms with Gasteiger partial charge in [-0.05, 0) is 43.2 Å². The number of hydrogen-bond donors (Lipinski definition) is 1. The Hall–Kier alpha value is -3.76. The predicted octanol–water partition coefficient (Wildman–Crippen LogP) is 5.68. The van der Waals surface area contributed by atoms with Crippen LogP contribution in [0.2, 0.25) is 0 Å². The maximum atomic E-state index is 12.9. The first-order chi connectivity index (χ1) is 20.5. The second kappa shape index (κ2) is 14.1. The number of likely N-dealkylation sites (tertiary alicyclic amines) is 1. The lowest BCUT2D eigenvalue weighted by molar-refractivity contribution is -0.384. The van der Waals surface area contributed by atoms with E-state index in [0.717, 1.165) is 56.4 Å². The standard InChI is InChI=1S/C33H44N4O6/c1-32(2,3)30(38)35-24-19-33(43-25-35,27-10-5-4-6-11-27)18-23-34-21-16-28(17-22-34)36(31(39)40)20-8-7-9-26-12-14-29(15-13-26)37(41)42/h4-8,10-15,28H,9,16-25H2,1-3H3,(H,39,40). The highest BCUT2D eigenvalue weighted by Gasteiger charge is 2.41. The van der Waals surface area contributed by atoms with Crippen molar-refractivity contribution in [3.63, 3.8) is 0 Å². The van der Waals surface area contributed by atoms with E-state index in [1.54, 1.807) is 12.1 Å². The first-order valence-corrected chi connectivity index (χ1v) is 15.1. The van der Waals surface area contributed by atoms with Gasteiger partial charge in [0.1, 0.15) is 6.73 Å². The van der Waals surface area contributed by atoms with E-state index >= 15 is 0 Å². The minimum atomic E-state index is -0.925. The average Bonchev–Trinajstić information content (AvgIpc) is 3.00. The van der Waals surface area contributed by atoms with E-state index in [0.29, 0.717) is 19.5 Å². The molecule has 0 radical (unpaired) electrons. The molecule has 43 heavy (non-hydrogen) atoms. The van der Waals surface area contributed by atoms with E-state index in [9.17, 15) is 24.8 Å². The zero-order valence-electron chi connectivity index (χ0n) is 25.5. The van der Waals surface area contributed by atoms with Crippen molar-refractivity contribution in [3.05, 3.63) is 88.0 Å². The number of allylic oxidation sites excluding steroid dienone is 1. The summed E-state index contributed by atoms with van der Waals surface area (Å²) in [4.78, 5) is 41.1. The number of nitrogens with zero attached hydrogens (tertiary/aromatic N) is 4. The third-order valence-electron chi connectivity index (χ3n) is 8.56. The lowest BCUT2D eigenvalue weighted by Gasteiger charge is -2.45. The number of carbonyl (C=O) groups is 2. The molecule has 2 aliphatic rings. The van der Waals surface area contributed by atoms with Gasteiger partial charge in [0.25, 0.3) is 5.69 Å². The number of hydrogen-bond acceptors (Lipinski definition) is 6. The molecule has 2 aromatic carbocycles. The summed E-state index contributed by atoms with van der Waals surface area (Å²) in [6, 6.07) is 16.6. The Morgan fingerprint density at radius 1 is 1.07 bits per heavy atom. The van der Waals surface area contributed by atoms with E-state index in [-0.39, 0.29) is 24.4 Å². The van der Waals surface area contributed by atoms with Crippen LogP contribution in [-0.2, 0) is 21.6 Å². The summed E-state index contributed by atoms with van der Waals surface area (Å²) in [6.45, 7) is 9.47. The van der Waals surface area contributed by atoms with Crippen LogP contribution < -0.4 is 0 Å². The normalized spacial score (nSPS) is 20.3. The fraction of sp³-hybridized carbons (Fsp3) is 0.515. The molecular weight excluding hydrogens is 548 g/mol. The number of ether oxygens (including phenoxy) is 1. The van der Waals surface area contributed by atoms with Crippen molar-refractivity contribution in [1.82, 2.24) is 14.7 Å². The molecule has 0 saturated carbocycles. The predicted molar refractivity (Wildman–Crippen MR) is 165 cm³/mol. The monoisotopic (exact) mass is 592 g/mol. The van der Waals surface area contributed by atoms with E-state index in [1.807, 2.05) is 56.0 Å². The molecule has 10 nitrogen and oxygen atoms in total. The highest BCUT2D eigenvalue weighted by molar-refractivity contribution is 5.81. The van der Waals surface area contributed by atoms with Crippen LogP contribution in [0.25, 0.3) is 0 Å². The van der Waals surface area contributed by atoms with Crippen molar-refractivity contribution in [2.24, 2.45) is 5.41 Å². The van der Waals surface area contributed by atoms with Crippen molar-refractivity contribution in [1.29, 1.82) is 0 Å². The number of amides is 2. The summed E-state index contributed by atoms with van der Waals surface area (Å²) in [7, 11) is 0. The third-order valence-corrected chi connectivity index (χ3v) is 8.56. The molecule has 1 N–H and O–H groups in total. The van der Waals surface area contributed by atoms with Crippen LogP contribution in [0.15, 0.2) is 66.7 Å². The van der Waals surface area contributed by atoms with Gasteiger partial charge in [0.05, 0.1) is 10.5 Å². The SMILES string of the molecule is CC(C)(C)C(=O)N1CCC(CCN2CCC(N(CC=CCc3ccc([N+](=O)[O-])cc3)C(=O)O)CC2)(c2ccccc2)OC1. The Morgan fingerprint density at radius 3 is 2.30 bits per heavy atom. The van der Waals surface area contributed by atoms with E-state index in [1.165, 1.54) is 17.0 Å². The third kappa shape index (κ3) is 8.42. The van der Waals surface area contributed by atoms with Gasteiger partial charge in [0, 0.05) is 56.3 Å². The summed E-state index contributed by atoms with van der Waals surface area (Å²) < 4.78 is 6.52. The van der Waals surface area contributed by atoms with Gasteiger partial charge >= 0.3 is 6.09 Å². The van der Waals surface area contributed by atoms with Gasteiger partial charge in [-0.2, -0.15) is 0 Å². The fourth-order valence-electron chi connectivity index (χ4n) is 5.94. The van der Waals surface area contributed by atoms with Gasteiger partial charge in [0.2, 0.25) is 5.91 Å². The van der Waals surface area contributed by atoms with Crippen LogP contribution >= 0.6 is 0 Å². The molecule has 2 aliphatic heterocycles. The molecule has 2 saturated heterocycles. The van der Waals surface area contributed by atoms with E-state index in [4.69, 9.17) is 4.74 Å². The van der Waals surface area contributed by atoms with Crippen molar-refractivity contribution in [2.75, 3.05) is 39.5 Å². The number of carboxylic acid groups (broad SMARTS) is 1. The van der Waals surface area contributed by atoms with Gasteiger partial charge in [-0.25, -0.2) is 4.79 Å². The summed E-state index contributed by atoms with van der Waals surface area (Å²) in [5.41, 5.74) is 1.20. The Morgan fingerprint density at radius 2 is 1.74 bits per heavy atom. The number of non-ortho nitro benzene ring substituents is 1. The maximum Gasteiger partial charge on any atom is 0.407 e. The maximum absolute atomic E-state index is 12.9. The van der Waals surface area contributed by atoms with Gasteiger partial charge in [-0.15, -0.1) is 0 Å². The summed E-state index contributed by atoms with van der Waals surface area (Å²) >= 11 is 0. The highest BCUT2D eigenvalue weighted by Crippen LogP contribution is 2.38. The van der Waals surface area contributed by atoms with Gasteiger partial charge in [-0.1, -0.05) is 75.4 Å². The molecule has 1 atom stereocenters. The molecule has 2 aromatic rings. The number of piperidine rings is 1. The summed E-state index contributed by atoms with van der Waals surface area (Å²) in [5.74, 6) is 0.0976. The van der Waals surface area contributed by atoms with Crippen molar-refractivity contribution in [2.45, 2.75) is 64.5 Å². The van der Waals surface area contributed by atoms with Crippen LogP contribution in [-0.4, -0.2) is 82.2 Å². The van der Waals surface area contributed by atoms with E-state index < -0.39 is 22.0 Å². The molecule has 10 heteroatoms. The number of carbonyl (C=O) groups excluding carboxylic acids is 1. The lowest BCUT2D eigenvalue weighted by atomic mass is 9.85. The van der Waals surface area contributed by atoms with Crippen molar-refractivity contribution >= 4 is 17.7 Å². The van der Waals surface area contributed by atoms with Gasteiger partial charge in [-0.3, -0.25) is 14.9 Å². The smallest absolute Gasteiger partial charge is 0.407 e. The average molecular weight is 593 g/mol. The first kappa shape index (κ1) is 32.2. The van der Waals surface area contributed by atoms with Crippen LogP contribution in [0.4, 0.5) is 10.5 Å². The lowest BCUT2D eigenvalue weighted by Crippen LogP contribution is -2.51. The van der Waals surface area contributed by atoms with Gasteiger partial charge in [0.15, 0.2) is 0 Å². The molecule has 0 aromatic heterocycles. The minimum Gasteiger partial charge on any atom is -0.465 e. The Bertz CT molecular complexity index is 1260. The molecule has 2 fully saturated rings. The number of nitro benzene ring substituents is 1. The zero-order valence-corrected chi connectivity index (χ0v) is 25.5. The molecule has 4 rings (SSSR count). The van der Waals surface area contributed by atoms with Gasteiger partial charge < -0.3 is 24.5 Å². The Balaban J connectivity index is 1.29. The topological polar surface area (TPSA) is 116 Å². The summed E-state index contributed by atoms with van der Waals surface area (Å²) in [5, 5.41) is 20.7. The number of rotatable bonds is 10. The van der Waals surface area contributed by atoms with Crippen LogP contribution in [0.3, 0.4) is 0 Å². The summed E-state index contributed by atoms with van der Waals surface area (Å²) in [6.07, 6.45) is 6.48. The largest absolute Gasteiger partial charge is 0.465 e. The second-order valence-corrected chi connectivity index (χ2v) is 12.6. The Labute approximate surface area is 254 Å². The quantitative estimate of drug-likeness (QED) is 0.214. The molecule has 232 valence electrons. The molecular formula is C33H44N4O6. The molecule has 2 amide bonds. The number of nitro groups is 1. The second-order valence-electron chi connectivity index (χ2n) is 12.6. The molecule has 1 unspecified atom stereocenters. The van der Waals surface area contributed by atoms with E-state index in [2.05, 4.69) is 17.0 Å². The molecule has 0 spiro atoms. The number of benzene rings is 2.